The van der Waals surface area contributed by atoms with Crippen LogP contribution in [0.5, 0.6) is 5.75 Å². The third kappa shape index (κ3) is 2.51. The van der Waals surface area contributed by atoms with Crippen molar-refractivity contribution in [1.82, 2.24) is 0 Å². The Bertz CT molecular complexity index is 466. The van der Waals surface area contributed by atoms with Gasteiger partial charge in [-0.3, -0.25) is 4.79 Å². The molecule has 0 spiro atoms. The second-order valence-corrected chi connectivity index (χ2v) is 2.87. The van der Waals surface area contributed by atoms with Crippen molar-refractivity contribution < 1.29 is 22.7 Å². The van der Waals surface area contributed by atoms with Gasteiger partial charge in [-0.15, -0.1) is 0 Å². The van der Waals surface area contributed by atoms with Crippen molar-refractivity contribution >= 4 is 5.78 Å². The maximum atomic E-state index is 13.1. The maximum Gasteiger partial charge on any atom is 0.387 e. The van der Waals surface area contributed by atoms with Gasteiger partial charge < -0.3 is 4.74 Å². The Morgan fingerprint density at radius 3 is 2.56 bits per heavy atom. The summed E-state index contributed by atoms with van der Waals surface area (Å²) in [4.78, 5) is 11.1. The van der Waals surface area contributed by atoms with Crippen molar-refractivity contribution in [2.45, 2.75) is 13.5 Å². The van der Waals surface area contributed by atoms with E-state index in [0.29, 0.717) is 6.07 Å². The van der Waals surface area contributed by atoms with Gasteiger partial charge in [0, 0.05) is 5.56 Å². The molecule has 6 heteroatoms. The third-order valence-corrected chi connectivity index (χ3v) is 1.79. The zero-order valence-corrected chi connectivity index (χ0v) is 8.13. The smallest absolute Gasteiger partial charge is 0.387 e. The minimum Gasteiger partial charge on any atom is -0.432 e. The number of rotatable bonds is 3. The molecular weight excluding hydrogens is 223 g/mol. The first kappa shape index (κ1) is 12.0. The highest BCUT2D eigenvalue weighted by Gasteiger charge is 2.16. The number of carbonyl (C=O) groups is 1. The van der Waals surface area contributed by atoms with Crippen molar-refractivity contribution in [3.8, 4) is 11.8 Å². The van der Waals surface area contributed by atoms with Crippen molar-refractivity contribution in [3.63, 3.8) is 0 Å². The Morgan fingerprint density at radius 1 is 1.50 bits per heavy atom. The summed E-state index contributed by atoms with van der Waals surface area (Å²) < 4.78 is 40.7. The summed E-state index contributed by atoms with van der Waals surface area (Å²) >= 11 is 0. The Morgan fingerprint density at radius 2 is 2.12 bits per heavy atom. The first-order valence-electron chi connectivity index (χ1n) is 4.15. The second-order valence-electron chi connectivity index (χ2n) is 2.87. The number of nitrogens with zero attached hydrogens (tertiary/aromatic N) is 1. The summed E-state index contributed by atoms with van der Waals surface area (Å²) in [6.45, 7) is -2.05. The number of ketones is 1. The topological polar surface area (TPSA) is 50.1 Å². The normalized spacial score (nSPS) is 10.0. The summed E-state index contributed by atoms with van der Waals surface area (Å²) in [5, 5.41) is 8.61. The molecule has 84 valence electrons. The lowest BCUT2D eigenvalue weighted by molar-refractivity contribution is -0.0522. The molecule has 0 aliphatic rings. The zero-order chi connectivity index (χ0) is 12.3. The Kier molecular flexibility index (Phi) is 3.51. The van der Waals surface area contributed by atoms with Crippen LogP contribution < -0.4 is 4.74 Å². The highest BCUT2D eigenvalue weighted by molar-refractivity contribution is 5.96. The Balaban J connectivity index is 3.29. The maximum absolute atomic E-state index is 13.1. The SMILES string of the molecule is CC(=O)c1cc(OC(F)F)c(F)cc1C#N. The zero-order valence-electron chi connectivity index (χ0n) is 8.13. The summed E-state index contributed by atoms with van der Waals surface area (Å²) in [5.41, 5.74) is -0.369. The monoisotopic (exact) mass is 229 g/mol. The van der Waals surface area contributed by atoms with Crippen LogP contribution in [0.2, 0.25) is 0 Å². The number of alkyl halides is 2. The summed E-state index contributed by atoms with van der Waals surface area (Å²) in [7, 11) is 0. The summed E-state index contributed by atoms with van der Waals surface area (Å²) in [6.07, 6.45) is 0. The number of ether oxygens (including phenoxy) is 1. The molecule has 0 saturated carbocycles. The van der Waals surface area contributed by atoms with Gasteiger partial charge in [-0.05, 0) is 19.1 Å². The fraction of sp³-hybridized carbons (Fsp3) is 0.200. The lowest BCUT2D eigenvalue weighted by atomic mass is 10.0. The Labute approximate surface area is 89.1 Å². The van der Waals surface area contributed by atoms with Crippen molar-refractivity contribution in [1.29, 1.82) is 5.26 Å². The van der Waals surface area contributed by atoms with Gasteiger partial charge >= 0.3 is 6.61 Å². The van der Waals surface area contributed by atoms with Crippen molar-refractivity contribution in [2.24, 2.45) is 0 Å². The van der Waals surface area contributed by atoms with E-state index in [-0.39, 0.29) is 11.1 Å². The molecule has 0 radical (unpaired) electrons. The molecular formula is C10H6F3NO2. The molecule has 0 saturated heterocycles. The first-order chi connectivity index (χ1) is 7.45. The average Bonchev–Trinajstić information content (AvgIpc) is 2.19. The quantitative estimate of drug-likeness (QED) is 0.748. The molecule has 1 rings (SSSR count). The van der Waals surface area contributed by atoms with Gasteiger partial charge in [-0.2, -0.15) is 14.0 Å². The molecule has 0 aromatic heterocycles. The molecule has 0 aliphatic heterocycles. The number of Topliss-reactive ketones (excluding diaryl/α,β-unsaturated/α-hetero) is 1. The van der Waals surface area contributed by atoms with E-state index in [2.05, 4.69) is 4.74 Å². The van der Waals surface area contributed by atoms with E-state index in [0.717, 1.165) is 13.0 Å². The van der Waals surface area contributed by atoms with Crippen molar-refractivity contribution in [2.75, 3.05) is 0 Å². The molecule has 0 N–H and O–H groups in total. The van der Waals surface area contributed by atoms with Crippen LogP contribution in [0.1, 0.15) is 22.8 Å². The van der Waals surface area contributed by atoms with Crippen LogP contribution in [-0.4, -0.2) is 12.4 Å². The Hall–Kier alpha value is -2.03. The van der Waals surface area contributed by atoms with Crippen LogP contribution in [0.4, 0.5) is 13.2 Å². The number of carbonyl (C=O) groups excluding carboxylic acids is 1. The molecule has 3 nitrogen and oxygen atoms in total. The van der Waals surface area contributed by atoms with E-state index in [1.807, 2.05) is 0 Å². The van der Waals surface area contributed by atoms with E-state index in [4.69, 9.17) is 5.26 Å². The highest BCUT2D eigenvalue weighted by Crippen LogP contribution is 2.24. The van der Waals surface area contributed by atoms with Crippen LogP contribution in [0.25, 0.3) is 0 Å². The fourth-order valence-electron chi connectivity index (χ4n) is 1.12. The number of hydrogen-bond donors (Lipinski definition) is 0. The number of halogens is 3. The lowest BCUT2D eigenvalue weighted by Gasteiger charge is -2.08. The van der Waals surface area contributed by atoms with Crippen LogP contribution in [0.3, 0.4) is 0 Å². The van der Waals surface area contributed by atoms with Gasteiger partial charge in [-0.1, -0.05) is 0 Å². The van der Waals surface area contributed by atoms with Crippen molar-refractivity contribution in [3.05, 3.63) is 29.1 Å². The predicted molar refractivity (Wildman–Crippen MR) is 47.8 cm³/mol. The van der Waals surface area contributed by atoms with Gasteiger partial charge in [0.25, 0.3) is 0 Å². The predicted octanol–water partition coefficient (Wildman–Crippen LogP) is 2.50. The minimum absolute atomic E-state index is 0.153. The molecule has 0 atom stereocenters. The van der Waals surface area contributed by atoms with E-state index in [9.17, 15) is 18.0 Å². The van der Waals surface area contributed by atoms with E-state index < -0.39 is 24.0 Å². The van der Waals surface area contributed by atoms with E-state index in [1.54, 1.807) is 6.07 Å². The van der Waals surface area contributed by atoms with Gasteiger partial charge in [-0.25, -0.2) is 4.39 Å². The summed E-state index contributed by atoms with van der Waals surface area (Å²) in [6, 6.07) is 3.08. The largest absolute Gasteiger partial charge is 0.432 e. The van der Waals surface area contributed by atoms with Crippen LogP contribution >= 0.6 is 0 Å². The molecule has 0 fully saturated rings. The van der Waals surface area contributed by atoms with E-state index >= 15 is 0 Å². The molecule has 1 aromatic rings. The second kappa shape index (κ2) is 4.66. The summed E-state index contributed by atoms with van der Waals surface area (Å²) in [5.74, 6) is -2.39. The first-order valence-corrected chi connectivity index (χ1v) is 4.15. The minimum atomic E-state index is -3.19. The molecule has 1 aromatic carbocycles. The van der Waals surface area contributed by atoms with Gasteiger partial charge in [0.2, 0.25) is 0 Å². The van der Waals surface area contributed by atoms with Crippen LogP contribution in [0.15, 0.2) is 12.1 Å². The number of benzene rings is 1. The molecule has 16 heavy (non-hydrogen) atoms. The number of nitriles is 1. The molecule has 0 amide bonds. The highest BCUT2D eigenvalue weighted by atomic mass is 19.3. The molecule has 0 heterocycles. The number of hydrogen-bond acceptors (Lipinski definition) is 3. The van der Waals surface area contributed by atoms with E-state index in [1.165, 1.54) is 0 Å². The standard InChI is InChI=1S/C10H6F3NO2/c1-5(15)7-3-9(16-10(12)13)8(11)2-6(7)4-14/h2-3,10H,1H3. The van der Waals surface area contributed by atoms with Gasteiger partial charge in [0.15, 0.2) is 17.3 Å². The van der Waals surface area contributed by atoms with Gasteiger partial charge in [0.1, 0.15) is 0 Å². The molecule has 0 bridgehead atoms. The molecule has 0 aliphatic carbocycles. The lowest BCUT2D eigenvalue weighted by Crippen LogP contribution is -2.06. The van der Waals surface area contributed by atoms with Crippen LogP contribution in [0, 0.1) is 17.1 Å². The fourth-order valence-corrected chi connectivity index (χ4v) is 1.12. The van der Waals surface area contributed by atoms with Crippen LogP contribution in [-0.2, 0) is 0 Å². The molecule has 0 unspecified atom stereocenters. The average molecular weight is 229 g/mol. The van der Waals surface area contributed by atoms with Gasteiger partial charge in [0.05, 0.1) is 11.6 Å². The third-order valence-electron chi connectivity index (χ3n) is 1.79.